The lowest BCUT2D eigenvalue weighted by Crippen LogP contribution is -2.36. The molecule has 116 valence electrons. The maximum atomic E-state index is 12.0. The van der Waals surface area contributed by atoms with E-state index in [9.17, 15) is 4.79 Å². The average Bonchev–Trinajstić information content (AvgIpc) is 2.55. The molecule has 2 aromatic carbocycles. The number of nitrogens with one attached hydrogen (secondary N) is 1. The van der Waals surface area contributed by atoms with E-state index in [1.807, 2.05) is 54.6 Å². The van der Waals surface area contributed by atoms with Gasteiger partial charge in [0, 0.05) is 15.7 Å². The van der Waals surface area contributed by atoms with Crippen molar-refractivity contribution in [2.75, 3.05) is 18.5 Å². The van der Waals surface area contributed by atoms with Gasteiger partial charge in [0.25, 0.3) is 0 Å². The van der Waals surface area contributed by atoms with Crippen LogP contribution in [0.2, 0.25) is 0 Å². The van der Waals surface area contributed by atoms with Gasteiger partial charge in [-0.2, -0.15) is 0 Å². The van der Waals surface area contributed by atoms with Gasteiger partial charge in [0.05, 0.1) is 19.2 Å². The van der Waals surface area contributed by atoms with E-state index in [1.54, 1.807) is 0 Å². The highest BCUT2D eigenvalue weighted by Gasteiger charge is 2.13. The maximum absolute atomic E-state index is 12.0. The lowest BCUT2D eigenvalue weighted by atomic mass is 10.1. The van der Waals surface area contributed by atoms with E-state index >= 15 is 0 Å². The van der Waals surface area contributed by atoms with Crippen LogP contribution in [-0.4, -0.2) is 25.0 Å². The number of para-hydroxylation sites is 1. The Morgan fingerprint density at radius 2 is 1.82 bits per heavy atom. The summed E-state index contributed by atoms with van der Waals surface area (Å²) in [4.78, 5) is 12.0. The average molecular weight is 410 g/mol. The van der Waals surface area contributed by atoms with Crippen molar-refractivity contribution in [2.24, 2.45) is 5.73 Å². The van der Waals surface area contributed by atoms with Crippen LogP contribution < -0.4 is 15.8 Å². The second kappa shape index (κ2) is 8.75. The van der Waals surface area contributed by atoms with Crippen molar-refractivity contribution < 1.29 is 9.53 Å². The zero-order valence-corrected chi connectivity index (χ0v) is 14.3. The van der Waals surface area contributed by atoms with Crippen LogP contribution in [0.15, 0.2) is 54.6 Å². The third-order valence-electron chi connectivity index (χ3n) is 3.17. The predicted octanol–water partition coefficient (Wildman–Crippen LogP) is 3.07. The molecule has 0 heterocycles. The van der Waals surface area contributed by atoms with Gasteiger partial charge in [0.1, 0.15) is 5.75 Å². The van der Waals surface area contributed by atoms with Gasteiger partial charge in [-0.1, -0.05) is 18.2 Å². The second-order valence-corrected chi connectivity index (χ2v) is 6.13. The summed E-state index contributed by atoms with van der Waals surface area (Å²) in [6.07, 6.45) is 0.501. The Bertz CT molecular complexity index is 587. The number of benzene rings is 2. The van der Waals surface area contributed by atoms with Gasteiger partial charge in [0.15, 0.2) is 5.78 Å². The molecule has 5 heteroatoms. The number of carbonyl (C=O) groups is 1. The SMILES string of the molecule is NC(CCOc1ccc(I)cc1)C(=O)CNc1ccccc1. The van der Waals surface area contributed by atoms with E-state index in [0.717, 1.165) is 15.0 Å². The normalized spacial score (nSPS) is 11.7. The van der Waals surface area contributed by atoms with Gasteiger partial charge >= 0.3 is 0 Å². The smallest absolute Gasteiger partial charge is 0.168 e. The highest BCUT2D eigenvalue weighted by Crippen LogP contribution is 2.13. The first-order valence-electron chi connectivity index (χ1n) is 7.11. The van der Waals surface area contributed by atoms with Crippen LogP contribution in [0.25, 0.3) is 0 Å². The maximum Gasteiger partial charge on any atom is 0.168 e. The van der Waals surface area contributed by atoms with Gasteiger partial charge < -0.3 is 15.8 Å². The summed E-state index contributed by atoms with van der Waals surface area (Å²) >= 11 is 2.24. The number of hydrogen-bond donors (Lipinski definition) is 2. The molecule has 0 radical (unpaired) electrons. The van der Waals surface area contributed by atoms with E-state index < -0.39 is 6.04 Å². The quantitative estimate of drug-likeness (QED) is 0.657. The molecule has 0 fully saturated rings. The van der Waals surface area contributed by atoms with Crippen LogP contribution >= 0.6 is 22.6 Å². The third kappa shape index (κ3) is 5.65. The molecule has 22 heavy (non-hydrogen) atoms. The molecule has 4 nitrogen and oxygen atoms in total. The molecular formula is C17H19IN2O2. The van der Waals surface area contributed by atoms with Crippen LogP contribution in [0.4, 0.5) is 5.69 Å². The summed E-state index contributed by atoms with van der Waals surface area (Å²) in [5, 5.41) is 3.07. The molecule has 0 aromatic heterocycles. The Morgan fingerprint density at radius 1 is 1.14 bits per heavy atom. The number of rotatable bonds is 8. The molecule has 0 amide bonds. The Kier molecular flexibility index (Phi) is 6.67. The van der Waals surface area contributed by atoms with Crippen LogP contribution in [0.5, 0.6) is 5.75 Å². The summed E-state index contributed by atoms with van der Waals surface area (Å²) in [5.74, 6) is 0.775. The Balaban J connectivity index is 1.69. The van der Waals surface area contributed by atoms with Crippen LogP contribution in [-0.2, 0) is 4.79 Å². The van der Waals surface area contributed by atoms with Crippen molar-refractivity contribution in [1.82, 2.24) is 0 Å². The molecule has 0 saturated carbocycles. The number of anilines is 1. The Hall–Kier alpha value is -1.60. The van der Waals surface area contributed by atoms with Gasteiger partial charge in [-0.05, 0) is 59.0 Å². The highest BCUT2D eigenvalue weighted by molar-refractivity contribution is 14.1. The number of carbonyl (C=O) groups excluding carboxylic acids is 1. The van der Waals surface area contributed by atoms with Crippen molar-refractivity contribution in [1.29, 1.82) is 0 Å². The Morgan fingerprint density at radius 3 is 2.50 bits per heavy atom. The molecule has 1 unspecified atom stereocenters. The number of hydrogen-bond acceptors (Lipinski definition) is 4. The molecule has 3 N–H and O–H groups in total. The van der Waals surface area contributed by atoms with Gasteiger partial charge in [-0.3, -0.25) is 4.79 Å². The summed E-state index contributed by atoms with van der Waals surface area (Å²) in [5.41, 5.74) is 6.81. The predicted molar refractivity (Wildman–Crippen MR) is 97.2 cm³/mol. The zero-order chi connectivity index (χ0) is 15.8. The monoisotopic (exact) mass is 410 g/mol. The van der Waals surface area contributed by atoms with Crippen molar-refractivity contribution >= 4 is 34.1 Å². The molecule has 0 spiro atoms. The fourth-order valence-corrected chi connectivity index (χ4v) is 2.23. The number of ether oxygens (including phenoxy) is 1. The molecule has 0 aliphatic heterocycles. The molecular weight excluding hydrogens is 391 g/mol. The molecule has 1 atom stereocenters. The van der Waals surface area contributed by atoms with Crippen molar-refractivity contribution in [3.8, 4) is 5.75 Å². The summed E-state index contributed by atoms with van der Waals surface area (Å²) in [6.45, 7) is 0.660. The minimum absolute atomic E-state index is 0.0185. The first-order chi connectivity index (χ1) is 10.6. The summed E-state index contributed by atoms with van der Waals surface area (Å²) in [6, 6.07) is 16.9. The van der Waals surface area contributed by atoms with E-state index in [4.69, 9.17) is 10.5 Å². The number of nitrogens with two attached hydrogens (primary N) is 1. The number of ketones is 1. The zero-order valence-electron chi connectivity index (χ0n) is 12.2. The lowest BCUT2D eigenvalue weighted by molar-refractivity contribution is -0.118. The van der Waals surface area contributed by atoms with Crippen molar-refractivity contribution in [3.05, 3.63) is 58.2 Å². The standard InChI is InChI=1S/C17H19IN2O2/c18-13-6-8-15(9-7-13)22-11-10-16(19)17(21)12-20-14-4-2-1-3-5-14/h1-9,16,20H,10-12,19H2. The third-order valence-corrected chi connectivity index (χ3v) is 3.88. The number of halogens is 1. The van der Waals surface area contributed by atoms with E-state index in [-0.39, 0.29) is 12.3 Å². The molecule has 0 aliphatic rings. The fourth-order valence-electron chi connectivity index (χ4n) is 1.87. The molecule has 2 aromatic rings. The van der Waals surface area contributed by atoms with E-state index in [2.05, 4.69) is 27.9 Å². The summed E-state index contributed by atoms with van der Waals surface area (Å²) in [7, 11) is 0. The second-order valence-electron chi connectivity index (χ2n) is 4.88. The van der Waals surface area contributed by atoms with Gasteiger partial charge in [-0.25, -0.2) is 0 Å². The molecule has 0 bridgehead atoms. The first kappa shape index (κ1) is 16.8. The minimum Gasteiger partial charge on any atom is -0.494 e. The van der Waals surface area contributed by atoms with Crippen LogP contribution in [0.1, 0.15) is 6.42 Å². The van der Waals surface area contributed by atoms with Crippen LogP contribution in [0, 0.1) is 3.57 Å². The van der Waals surface area contributed by atoms with E-state index in [1.165, 1.54) is 0 Å². The highest BCUT2D eigenvalue weighted by atomic mass is 127. The summed E-state index contributed by atoms with van der Waals surface area (Å²) < 4.78 is 6.74. The van der Waals surface area contributed by atoms with Gasteiger partial charge in [-0.15, -0.1) is 0 Å². The lowest BCUT2D eigenvalue weighted by Gasteiger charge is -2.13. The minimum atomic E-state index is -0.514. The van der Waals surface area contributed by atoms with Crippen molar-refractivity contribution in [2.45, 2.75) is 12.5 Å². The first-order valence-corrected chi connectivity index (χ1v) is 8.18. The Labute approximate surface area is 144 Å². The molecule has 0 saturated heterocycles. The number of Topliss-reactive ketones (excluding diaryl/α,β-unsaturated/α-hetero) is 1. The van der Waals surface area contributed by atoms with Crippen molar-refractivity contribution in [3.63, 3.8) is 0 Å². The van der Waals surface area contributed by atoms with Gasteiger partial charge in [0.2, 0.25) is 0 Å². The molecule has 0 aliphatic carbocycles. The topological polar surface area (TPSA) is 64.3 Å². The van der Waals surface area contributed by atoms with E-state index in [0.29, 0.717) is 13.0 Å². The van der Waals surface area contributed by atoms with Crippen LogP contribution in [0.3, 0.4) is 0 Å². The largest absolute Gasteiger partial charge is 0.494 e. The fraction of sp³-hybridized carbons (Fsp3) is 0.235. The molecule has 2 rings (SSSR count).